The number of primary sulfonamides is 1. The van der Waals surface area contributed by atoms with Crippen LogP contribution in [0, 0.1) is 0 Å². The molecule has 0 radical (unpaired) electrons. The first kappa shape index (κ1) is 20.0. The number of rotatable bonds is 7. The molecule has 0 unspecified atom stereocenters. The van der Waals surface area contributed by atoms with Crippen molar-refractivity contribution in [2.45, 2.75) is 43.2 Å². The number of benzene rings is 1. The Morgan fingerprint density at radius 3 is 2.70 bits per heavy atom. The van der Waals surface area contributed by atoms with Gasteiger partial charge in [0.25, 0.3) is 0 Å². The summed E-state index contributed by atoms with van der Waals surface area (Å²) in [5.74, 6) is 0.0262. The maximum Gasteiger partial charge on any atom is 0.238 e. The van der Waals surface area contributed by atoms with E-state index in [1.54, 1.807) is 23.5 Å². The van der Waals surface area contributed by atoms with Crippen molar-refractivity contribution in [3.8, 4) is 0 Å². The fourth-order valence-electron chi connectivity index (χ4n) is 3.55. The number of nitrogens with two attached hydrogens (primary N) is 1. The number of amides is 1. The first-order chi connectivity index (χ1) is 12.9. The number of nitrogens with one attached hydrogen (secondary N) is 1. The van der Waals surface area contributed by atoms with Gasteiger partial charge < -0.3 is 5.32 Å². The van der Waals surface area contributed by atoms with Crippen LogP contribution in [-0.4, -0.2) is 38.4 Å². The zero-order valence-electron chi connectivity index (χ0n) is 15.3. The zero-order chi connectivity index (χ0) is 19.4. The third kappa shape index (κ3) is 4.95. The minimum atomic E-state index is -3.67. The van der Waals surface area contributed by atoms with E-state index in [4.69, 9.17) is 5.14 Å². The third-order valence-corrected chi connectivity index (χ3v) is 6.69. The van der Waals surface area contributed by atoms with Crippen LogP contribution in [-0.2, 0) is 21.2 Å². The van der Waals surface area contributed by atoms with Gasteiger partial charge in [0.05, 0.1) is 10.9 Å². The number of sulfonamides is 1. The number of carbonyl (C=O) groups is 1. The van der Waals surface area contributed by atoms with Crippen molar-refractivity contribution in [1.82, 2.24) is 10.2 Å². The van der Waals surface area contributed by atoms with Crippen molar-refractivity contribution in [3.05, 3.63) is 52.2 Å². The molecule has 8 heteroatoms. The van der Waals surface area contributed by atoms with Crippen LogP contribution in [0.4, 0.5) is 0 Å². The van der Waals surface area contributed by atoms with E-state index in [0.717, 1.165) is 24.9 Å². The topological polar surface area (TPSA) is 92.5 Å². The Morgan fingerprint density at radius 2 is 2.07 bits per heavy atom. The van der Waals surface area contributed by atoms with Crippen LogP contribution in [0.15, 0.2) is 46.0 Å². The molecule has 1 aromatic heterocycles. The van der Waals surface area contributed by atoms with Gasteiger partial charge in [-0.1, -0.05) is 12.1 Å². The Bertz CT molecular complexity index is 864. The largest absolute Gasteiger partial charge is 0.354 e. The Labute approximate surface area is 164 Å². The molecule has 0 spiro atoms. The molecule has 1 aromatic carbocycles. The molecule has 146 valence electrons. The second-order valence-electron chi connectivity index (χ2n) is 6.86. The molecule has 3 N–H and O–H groups in total. The third-order valence-electron chi connectivity index (χ3n) is 5.06. The number of hydrogen-bond acceptors (Lipinski definition) is 5. The highest BCUT2D eigenvalue weighted by molar-refractivity contribution is 7.89. The summed E-state index contributed by atoms with van der Waals surface area (Å²) in [5, 5.41) is 12.3. The summed E-state index contributed by atoms with van der Waals surface area (Å²) in [6.45, 7) is 3.40. The van der Waals surface area contributed by atoms with Crippen LogP contribution in [0.3, 0.4) is 0 Å². The van der Waals surface area contributed by atoms with Gasteiger partial charge in [-0.2, -0.15) is 11.3 Å². The Balaban J connectivity index is 1.51. The molecule has 0 bridgehead atoms. The molecular formula is C19H25N3O3S2. The van der Waals surface area contributed by atoms with E-state index in [-0.39, 0.29) is 16.8 Å². The molecule has 3 rings (SSSR count). The van der Waals surface area contributed by atoms with Gasteiger partial charge in [-0.3, -0.25) is 9.69 Å². The van der Waals surface area contributed by atoms with Gasteiger partial charge in [0.15, 0.2) is 0 Å². The number of carbonyl (C=O) groups excluding carboxylic acids is 1. The zero-order valence-corrected chi connectivity index (χ0v) is 16.9. The molecule has 2 atom stereocenters. The number of thiophene rings is 1. The minimum absolute atomic E-state index is 0.0262. The van der Waals surface area contributed by atoms with Crippen LogP contribution >= 0.6 is 11.3 Å². The highest BCUT2D eigenvalue weighted by atomic mass is 32.2. The first-order valence-corrected chi connectivity index (χ1v) is 11.5. The van der Waals surface area contributed by atoms with Crippen molar-refractivity contribution in [2.75, 3.05) is 13.1 Å². The van der Waals surface area contributed by atoms with E-state index in [0.29, 0.717) is 19.0 Å². The molecule has 6 nitrogen and oxygen atoms in total. The average molecular weight is 408 g/mol. The molecule has 1 aliphatic heterocycles. The summed E-state index contributed by atoms with van der Waals surface area (Å²) in [6, 6.07) is 8.72. The fourth-order valence-corrected chi connectivity index (χ4v) is 4.77. The summed E-state index contributed by atoms with van der Waals surface area (Å²) < 4.78 is 22.6. The normalized spacial score (nSPS) is 19.1. The summed E-state index contributed by atoms with van der Waals surface area (Å²) in [5.41, 5.74) is 2.25. The van der Waals surface area contributed by atoms with E-state index < -0.39 is 10.0 Å². The van der Waals surface area contributed by atoms with E-state index in [1.165, 1.54) is 17.7 Å². The number of likely N-dealkylation sites (tertiary alicyclic amines) is 1. The molecule has 0 saturated carbocycles. The molecule has 27 heavy (non-hydrogen) atoms. The van der Waals surface area contributed by atoms with Crippen molar-refractivity contribution in [2.24, 2.45) is 5.14 Å². The number of hydrogen-bond donors (Lipinski definition) is 2. The van der Waals surface area contributed by atoms with Crippen molar-refractivity contribution in [1.29, 1.82) is 0 Å². The van der Waals surface area contributed by atoms with Gasteiger partial charge in [-0.25, -0.2) is 13.6 Å². The average Bonchev–Trinajstić information content (AvgIpc) is 3.31. The summed E-state index contributed by atoms with van der Waals surface area (Å²) >= 11 is 1.69. The SMILES string of the molecule is C[C@H](C(=O)NCCc1ccc(S(N)(=O)=O)cc1)N1CCC[C@H]1c1ccsc1. The summed E-state index contributed by atoms with van der Waals surface area (Å²) in [4.78, 5) is 14.9. The van der Waals surface area contributed by atoms with Gasteiger partial charge in [0.1, 0.15) is 0 Å². The van der Waals surface area contributed by atoms with Crippen LogP contribution in [0.25, 0.3) is 0 Å². The lowest BCUT2D eigenvalue weighted by atomic mass is 10.1. The van der Waals surface area contributed by atoms with E-state index in [9.17, 15) is 13.2 Å². The molecule has 0 aliphatic carbocycles. The molecule has 1 aliphatic rings. The quantitative estimate of drug-likeness (QED) is 0.736. The standard InChI is InChI=1S/C19H25N3O3S2/c1-14(22-11-2-3-18(22)16-9-12-26-13-16)19(23)21-10-8-15-4-6-17(7-5-15)27(20,24)25/h4-7,9,12-14,18H,2-3,8,10-11H2,1H3,(H,21,23)(H2,20,24,25)/t14-,18+/m1/s1. The van der Waals surface area contributed by atoms with E-state index >= 15 is 0 Å². The molecule has 2 heterocycles. The summed E-state index contributed by atoms with van der Waals surface area (Å²) in [7, 11) is -3.67. The van der Waals surface area contributed by atoms with Crippen molar-refractivity contribution < 1.29 is 13.2 Å². The Hall–Kier alpha value is -1.74. The molecule has 1 amide bonds. The molecule has 1 saturated heterocycles. The molecule has 1 fully saturated rings. The summed E-state index contributed by atoms with van der Waals surface area (Å²) in [6.07, 6.45) is 2.83. The fraction of sp³-hybridized carbons (Fsp3) is 0.421. The second-order valence-corrected chi connectivity index (χ2v) is 9.20. The Morgan fingerprint density at radius 1 is 1.33 bits per heavy atom. The maximum atomic E-state index is 12.6. The monoisotopic (exact) mass is 407 g/mol. The van der Waals surface area contributed by atoms with Crippen LogP contribution in [0.5, 0.6) is 0 Å². The lowest BCUT2D eigenvalue weighted by Crippen LogP contribution is -2.45. The predicted octanol–water partition coefficient (Wildman–Crippen LogP) is 2.28. The smallest absolute Gasteiger partial charge is 0.238 e. The van der Waals surface area contributed by atoms with Gasteiger partial charge in [-0.05, 0) is 72.8 Å². The lowest BCUT2D eigenvalue weighted by molar-refractivity contribution is -0.126. The van der Waals surface area contributed by atoms with Gasteiger partial charge in [0.2, 0.25) is 15.9 Å². The maximum absolute atomic E-state index is 12.6. The van der Waals surface area contributed by atoms with Crippen molar-refractivity contribution >= 4 is 27.3 Å². The second kappa shape index (κ2) is 8.52. The van der Waals surface area contributed by atoms with E-state index in [1.807, 2.05) is 6.92 Å². The molecular weight excluding hydrogens is 382 g/mol. The lowest BCUT2D eigenvalue weighted by Gasteiger charge is -2.29. The first-order valence-electron chi connectivity index (χ1n) is 9.03. The Kier molecular flexibility index (Phi) is 6.31. The predicted molar refractivity (Wildman–Crippen MR) is 107 cm³/mol. The highest BCUT2D eigenvalue weighted by Crippen LogP contribution is 2.34. The number of nitrogens with zero attached hydrogens (tertiary/aromatic N) is 1. The van der Waals surface area contributed by atoms with Crippen LogP contribution < -0.4 is 10.5 Å². The van der Waals surface area contributed by atoms with Gasteiger partial charge >= 0.3 is 0 Å². The van der Waals surface area contributed by atoms with Gasteiger partial charge in [0, 0.05) is 12.6 Å². The van der Waals surface area contributed by atoms with Crippen LogP contribution in [0.1, 0.15) is 36.9 Å². The van der Waals surface area contributed by atoms with Crippen LogP contribution in [0.2, 0.25) is 0 Å². The van der Waals surface area contributed by atoms with E-state index in [2.05, 4.69) is 27.0 Å². The molecule has 2 aromatic rings. The minimum Gasteiger partial charge on any atom is -0.354 e. The van der Waals surface area contributed by atoms with Gasteiger partial charge in [-0.15, -0.1) is 0 Å². The highest BCUT2D eigenvalue weighted by Gasteiger charge is 2.32. The van der Waals surface area contributed by atoms with Crippen molar-refractivity contribution in [3.63, 3.8) is 0 Å².